The maximum absolute atomic E-state index is 12.6. The molecule has 1 atom stereocenters. The Hall–Kier alpha value is -1.31. The van der Waals surface area contributed by atoms with Gasteiger partial charge in [0.15, 0.2) is 0 Å². The predicted octanol–water partition coefficient (Wildman–Crippen LogP) is 2.71. The van der Waals surface area contributed by atoms with E-state index in [1.807, 2.05) is 16.3 Å². The summed E-state index contributed by atoms with van der Waals surface area (Å²) >= 11 is 1.48. The fourth-order valence-electron chi connectivity index (χ4n) is 2.64. The van der Waals surface area contributed by atoms with E-state index < -0.39 is 0 Å². The first-order valence-electron chi connectivity index (χ1n) is 7.32. The number of nitrogens with two attached hydrogens (primary N) is 1. The highest BCUT2D eigenvalue weighted by atomic mass is 32.1. The van der Waals surface area contributed by atoms with Crippen molar-refractivity contribution in [2.45, 2.75) is 32.6 Å². The monoisotopic (exact) mass is 290 g/mol. The van der Waals surface area contributed by atoms with Crippen molar-refractivity contribution in [1.29, 1.82) is 0 Å². The van der Waals surface area contributed by atoms with E-state index in [1.54, 1.807) is 0 Å². The van der Waals surface area contributed by atoms with Crippen LogP contribution in [0.2, 0.25) is 0 Å². The maximum Gasteiger partial charge on any atom is 0.265 e. The van der Waals surface area contributed by atoms with E-state index in [4.69, 9.17) is 5.73 Å². The third kappa shape index (κ3) is 3.62. The molecular formula is C16H22N2OS. The van der Waals surface area contributed by atoms with Gasteiger partial charge >= 0.3 is 0 Å². The Morgan fingerprint density at radius 1 is 1.50 bits per heavy atom. The van der Waals surface area contributed by atoms with Gasteiger partial charge in [-0.15, -0.1) is 11.3 Å². The molecule has 2 heterocycles. The summed E-state index contributed by atoms with van der Waals surface area (Å²) in [6.45, 7) is 4.31. The number of thiophene rings is 1. The summed E-state index contributed by atoms with van der Waals surface area (Å²) < 4.78 is 0. The molecule has 1 aliphatic heterocycles. The second-order valence-electron chi connectivity index (χ2n) is 5.17. The third-order valence-electron chi connectivity index (χ3n) is 3.90. The molecule has 0 radical (unpaired) electrons. The van der Waals surface area contributed by atoms with E-state index in [1.165, 1.54) is 24.2 Å². The Morgan fingerprint density at radius 2 is 2.35 bits per heavy atom. The van der Waals surface area contributed by atoms with E-state index in [0.29, 0.717) is 6.54 Å². The Balaban J connectivity index is 2.09. The van der Waals surface area contributed by atoms with Crippen molar-refractivity contribution in [2.75, 3.05) is 19.6 Å². The molecule has 1 unspecified atom stereocenters. The minimum absolute atomic E-state index is 0.137. The second-order valence-corrected chi connectivity index (χ2v) is 6.08. The van der Waals surface area contributed by atoms with Gasteiger partial charge in [0.1, 0.15) is 4.88 Å². The highest BCUT2D eigenvalue weighted by Crippen LogP contribution is 2.24. The molecule has 20 heavy (non-hydrogen) atoms. The van der Waals surface area contributed by atoms with Crippen LogP contribution in [0.3, 0.4) is 0 Å². The summed E-state index contributed by atoms with van der Waals surface area (Å²) in [7, 11) is 0. The topological polar surface area (TPSA) is 46.3 Å². The lowest BCUT2D eigenvalue weighted by molar-refractivity contribution is 0.0764. The molecule has 1 aromatic heterocycles. The van der Waals surface area contributed by atoms with Crippen LogP contribution in [0.4, 0.5) is 0 Å². The van der Waals surface area contributed by atoms with Crippen molar-refractivity contribution in [2.24, 2.45) is 11.7 Å². The van der Waals surface area contributed by atoms with Gasteiger partial charge in [0, 0.05) is 18.7 Å². The number of hydrogen-bond acceptors (Lipinski definition) is 3. The zero-order chi connectivity index (χ0) is 14.4. The van der Waals surface area contributed by atoms with Crippen LogP contribution >= 0.6 is 11.3 Å². The lowest BCUT2D eigenvalue weighted by atomic mass is 9.98. The molecule has 1 saturated heterocycles. The van der Waals surface area contributed by atoms with Gasteiger partial charge in [0.2, 0.25) is 0 Å². The Morgan fingerprint density at radius 3 is 3.10 bits per heavy atom. The fraction of sp³-hybridized carbons (Fsp3) is 0.562. The van der Waals surface area contributed by atoms with Crippen molar-refractivity contribution < 1.29 is 4.79 Å². The number of carbonyl (C=O) groups is 1. The summed E-state index contributed by atoms with van der Waals surface area (Å²) in [6.07, 6.45) is 4.69. The average molecular weight is 290 g/mol. The number of amides is 1. The fourth-order valence-corrected chi connectivity index (χ4v) is 3.46. The minimum atomic E-state index is 0.137. The lowest BCUT2D eigenvalue weighted by Gasteiger charge is -2.20. The normalized spacial score (nSPS) is 19.1. The van der Waals surface area contributed by atoms with E-state index in [2.05, 4.69) is 18.8 Å². The van der Waals surface area contributed by atoms with Crippen LogP contribution in [0.15, 0.2) is 11.4 Å². The molecule has 0 aliphatic carbocycles. The highest BCUT2D eigenvalue weighted by molar-refractivity contribution is 7.12. The number of rotatable bonds is 2. The van der Waals surface area contributed by atoms with Crippen LogP contribution < -0.4 is 5.73 Å². The van der Waals surface area contributed by atoms with Gasteiger partial charge in [-0.3, -0.25) is 4.79 Å². The zero-order valence-electron chi connectivity index (χ0n) is 12.0. The molecule has 108 valence electrons. The standard InChI is InChI=1S/C16H22N2OS/c1-2-13-5-4-10-18(11-7-13)16(19)15-14(6-3-9-17)8-12-20-15/h8,12-13H,2,4-5,7,9-11,17H2,1H3. The van der Waals surface area contributed by atoms with Gasteiger partial charge in [-0.25, -0.2) is 0 Å². The smallest absolute Gasteiger partial charge is 0.265 e. The van der Waals surface area contributed by atoms with Crippen molar-refractivity contribution in [3.05, 3.63) is 21.9 Å². The molecule has 1 aromatic rings. The first kappa shape index (κ1) is 15.1. The average Bonchev–Trinajstić information content (AvgIpc) is 2.80. The van der Waals surface area contributed by atoms with Crippen LogP contribution in [0.25, 0.3) is 0 Å². The Kier molecular flexibility index (Phi) is 5.63. The molecule has 4 heteroatoms. The molecule has 1 amide bonds. The van der Waals surface area contributed by atoms with E-state index in [0.717, 1.165) is 42.3 Å². The van der Waals surface area contributed by atoms with Crippen molar-refractivity contribution in [3.63, 3.8) is 0 Å². The van der Waals surface area contributed by atoms with E-state index in [-0.39, 0.29) is 5.91 Å². The highest BCUT2D eigenvalue weighted by Gasteiger charge is 2.23. The first-order valence-corrected chi connectivity index (χ1v) is 8.20. The van der Waals surface area contributed by atoms with Crippen molar-refractivity contribution in [3.8, 4) is 11.8 Å². The minimum Gasteiger partial charge on any atom is -0.338 e. The molecule has 0 spiro atoms. The Bertz CT molecular complexity index is 512. The van der Waals surface area contributed by atoms with E-state index >= 15 is 0 Å². The first-order chi connectivity index (χ1) is 9.76. The molecule has 1 aliphatic rings. The quantitative estimate of drug-likeness (QED) is 0.851. The zero-order valence-corrected chi connectivity index (χ0v) is 12.8. The van der Waals surface area contributed by atoms with Crippen LogP contribution in [0.1, 0.15) is 47.8 Å². The number of hydrogen-bond donors (Lipinski definition) is 1. The van der Waals surface area contributed by atoms with Crippen LogP contribution in [0.5, 0.6) is 0 Å². The largest absolute Gasteiger partial charge is 0.338 e. The summed E-state index contributed by atoms with van der Waals surface area (Å²) in [5.41, 5.74) is 6.22. The molecule has 0 bridgehead atoms. The van der Waals surface area contributed by atoms with Crippen molar-refractivity contribution in [1.82, 2.24) is 4.90 Å². The summed E-state index contributed by atoms with van der Waals surface area (Å²) in [6, 6.07) is 1.91. The second kappa shape index (κ2) is 7.47. The van der Waals surface area contributed by atoms with Crippen molar-refractivity contribution >= 4 is 17.2 Å². The van der Waals surface area contributed by atoms with Gasteiger partial charge < -0.3 is 10.6 Å². The maximum atomic E-state index is 12.6. The lowest BCUT2D eigenvalue weighted by Crippen LogP contribution is -2.31. The number of likely N-dealkylation sites (tertiary alicyclic amines) is 1. The summed E-state index contributed by atoms with van der Waals surface area (Å²) in [4.78, 5) is 15.4. The molecule has 1 fully saturated rings. The van der Waals surface area contributed by atoms with Gasteiger partial charge in [-0.1, -0.05) is 25.2 Å². The Labute approximate surface area is 125 Å². The van der Waals surface area contributed by atoms with Gasteiger partial charge in [-0.05, 0) is 36.6 Å². The third-order valence-corrected chi connectivity index (χ3v) is 4.80. The van der Waals surface area contributed by atoms with Crippen LogP contribution in [-0.2, 0) is 0 Å². The van der Waals surface area contributed by atoms with E-state index in [9.17, 15) is 4.79 Å². The SMILES string of the molecule is CCC1CCCN(C(=O)c2sccc2C#CCN)CC1. The molecule has 2 N–H and O–H groups in total. The molecule has 0 saturated carbocycles. The molecule has 0 aromatic carbocycles. The molecule has 2 rings (SSSR count). The predicted molar refractivity (Wildman–Crippen MR) is 83.8 cm³/mol. The molecular weight excluding hydrogens is 268 g/mol. The summed E-state index contributed by atoms with van der Waals surface area (Å²) in [5, 5.41) is 1.93. The van der Waals surface area contributed by atoms with Crippen LogP contribution in [-0.4, -0.2) is 30.4 Å². The van der Waals surface area contributed by atoms with Gasteiger partial charge in [0.25, 0.3) is 5.91 Å². The van der Waals surface area contributed by atoms with Crippen LogP contribution in [0, 0.1) is 17.8 Å². The number of carbonyl (C=O) groups excluding carboxylic acids is 1. The van der Waals surface area contributed by atoms with Gasteiger partial charge in [-0.2, -0.15) is 0 Å². The molecule has 3 nitrogen and oxygen atoms in total. The number of nitrogens with zero attached hydrogens (tertiary/aromatic N) is 1. The summed E-state index contributed by atoms with van der Waals surface area (Å²) in [5.74, 6) is 6.74. The van der Waals surface area contributed by atoms with Gasteiger partial charge in [0.05, 0.1) is 6.54 Å².